The molecule has 0 unspecified atom stereocenters. The molecule has 148 valence electrons. The molecule has 0 saturated carbocycles. The van der Waals surface area contributed by atoms with Crippen molar-refractivity contribution in [1.29, 1.82) is 0 Å². The molecule has 0 aliphatic carbocycles. The quantitative estimate of drug-likeness (QED) is 0.520. The van der Waals surface area contributed by atoms with Crippen molar-refractivity contribution in [3.63, 3.8) is 0 Å². The van der Waals surface area contributed by atoms with Gasteiger partial charge in [0.05, 0.1) is 5.69 Å². The smallest absolute Gasteiger partial charge is 0.233 e. The van der Waals surface area contributed by atoms with E-state index >= 15 is 0 Å². The lowest BCUT2D eigenvalue weighted by atomic mass is 10.0. The molecular weight excluding hydrogens is 364 g/mol. The van der Waals surface area contributed by atoms with Gasteiger partial charge in [-0.15, -0.1) is 0 Å². The molecule has 0 radical (unpaired) electrons. The number of carbonyl (C=O) groups excluding carboxylic acids is 2. The van der Waals surface area contributed by atoms with Crippen LogP contribution in [0.5, 0.6) is 11.5 Å². The van der Waals surface area contributed by atoms with Gasteiger partial charge in [-0.2, -0.15) is 0 Å². The Balaban J connectivity index is 1.58. The highest BCUT2D eigenvalue weighted by atomic mass is 16.5. The van der Waals surface area contributed by atoms with Gasteiger partial charge in [0.25, 0.3) is 0 Å². The number of carbonyl (C=O) groups is 2. The van der Waals surface area contributed by atoms with Gasteiger partial charge in [0.1, 0.15) is 12.2 Å². The fraction of sp³-hybridized carbons (Fsp3) is 0.167. The molecule has 0 spiro atoms. The first-order valence-corrected chi connectivity index (χ1v) is 9.53. The number of nitrogens with one attached hydrogen (secondary N) is 2. The summed E-state index contributed by atoms with van der Waals surface area (Å²) >= 11 is 0. The third-order valence-electron chi connectivity index (χ3n) is 4.31. The van der Waals surface area contributed by atoms with E-state index in [2.05, 4.69) is 24.5 Å². The van der Waals surface area contributed by atoms with Gasteiger partial charge in [0.2, 0.25) is 11.8 Å². The highest BCUT2D eigenvalue weighted by Crippen LogP contribution is 2.29. The summed E-state index contributed by atoms with van der Waals surface area (Å²) in [6, 6.07) is 24.0. The lowest BCUT2D eigenvalue weighted by Gasteiger charge is -2.12. The normalized spacial score (nSPS) is 10.4. The van der Waals surface area contributed by atoms with Crippen LogP contribution in [0.4, 0.5) is 11.4 Å². The summed E-state index contributed by atoms with van der Waals surface area (Å²) < 4.78 is 5.83. The molecule has 0 heterocycles. The van der Waals surface area contributed by atoms with Crippen LogP contribution in [0.2, 0.25) is 0 Å². The lowest BCUT2D eigenvalue weighted by molar-refractivity contribution is -0.123. The third-order valence-corrected chi connectivity index (χ3v) is 4.31. The van der Waals surface area contributed by atoms with E-state index in [9.17, 15) is 9.59 Å². The SMILES string of the molecule is CC(C)c1ccc(NC(=O)CC(=O)Nc2ccccc2Oc2ccccc2)cc1. The predicted octanol–water partition coefficient (Wildman–Crippen LogP) is 5.57. The van der Waals surface area contributed by atoms with Crippen LogP contribution in [0.3, 0.4) is 0 Å². The van der Waals surface area contributed by atoms with Crippen LogP contribution >= 0.6 is 0 Å². The summed E-state index contributed by atoms with van der Waals surface area (Å²) in [6.07, 6.45) is -0.286. The minimum absolute atomic E-state index is 0.286. The highest BCUT2D eigenvalue weighted by Gasteiger charge is 2.13. The zero-order chi connectivity index (χ0) is 20.6. The number of hydrogen-bond donors (Lipinski definition) is 2. The van der Waals surface area contributed by atoms with Crippen LogP contribution in [-0.4, -0.2) is 11.8 Å². The van der Waals surface area contributed by atoms with Gasteiger partial charge < -0.3 is 15.4 Å². The van der Waals surface area contributed by atoms with Crippen LogP contribution in [0.15, 0.2) is 78.9 Å². The summed E-state index contributed by atoms with van der Waals surface area (Å²) in [5, 5.41) is 5.49. The summed E-state index contributed by atoms with van der Waals surface area (Å²) in [6.45, 7) is 4.22. The lowest BCUT2D eigenvalue weighted by Crippen LogP contribution is -2.21. The van der Waals surface area contributed by atoms with Crippen molar-refractivity contribution in [3.8, 4) is 11.5 Å². The zero-order valence-corrected chi connectivity index (χ0v) is 16.5. The summed E-state index contributed by atoms with van der Waals surface area (Å²) in [7, 11) is 0. The van der Waals surface area contributed by atoms with Crippen molar-refractivity contribution in [3.05, 3.63) is 84.4 Å². The standard InChI is InChI=1S/C24H24N2O3/c1-17(2)18-12-14-19(15-13-18)25-23(27)16-24(28)26-21-10-6-7-11-22(21)29-20-8-4-3-5-9-20/h3-15,17H,16H2,1-2H3,(H,25,27)(H,26,28). The molecular formula is C24H24N2O3. The summed E-state index contributed by atoms with van der Waals surface area (Å²) in [5.41, 5.74) is 2.37. The van der Waals surface area contributed by atoms with E-state index in [1.807, 2.05) is 60.7 Å². The first kappa shape index (κ1) is 20.1. The van der Waals surface area contributed by atoms with Crippen LogP contribution in [0.1, 0.15) is 31.7 Å². The van der Waals surface area contributed by atoms with E-state index in [4.69, 9.17) is 4.74 Å². The molecule has 0 aliphatic rings. The number of ether oxygens (including phenoxy) is 1. The Morgan fingerprint density at radius 1 is 0.793 bits per heavy atom. The Kier molecular flexibility index (Phi) is 6.63. The zero-order valence-electron chi connectivity index (χ0n) is 16.5. The Hall–Kier alpha value is -3.60. The fourth-order valence-corrected chi connectivity index (χ4v) is 2.77. The molecule has 0 atom stereocenters. The largest absolute Gasteiger partial charge is 0.455 e. The maximum Gasteiger partial charge on any atom is 0.233 e. The van der Waals surface area contributed by atoms with Gasteiger partial charge in [-0.3, -0.25) is 9.59 Å². The molecule has 0 saturated heterocycles. The van der Waals surface area contributed by atoms with E-state index in [0.717, 1.165) is 0 Å². The van der Waals surface area contributed by atoms with Gasteiger partial charge in [0, 0.05) is 5.69 Å². The molecule has 5 heteroatoms. The van der Waals surface area contributed by atoms with Crippen molar-refractivity contribution in [2.24, 2.45) is 0 Å². The number of anilines is 2. The number of rotatable bonds is 7. The number of benzene rings is 3. The van der Waals surface area contributed by atoms with Gasteiger partial charge in [-0.05, 0) is 47.9 Å². The number of amides is 2. The molecule has 0 aliphatic heterocycles. The van der Waals surface area contributed by atoms with Crippen LogP contribution < -0.4 is 15.4 Å². The van der Waals surface area contributed by atoms with Gasteiger partial charge in [-0.25, -0.2) is 0 Å². The summed E-state index contributed by atoms with van der Waals surface area (Å²) in [5.74, 6) is 0.809. The van der Waals surface area contributed by atoms with E-state index in [0.29, 0.717) is 28.8 Å². The van der Waals surface area contributed by atoms with E-state index < -0.39 is 5.91 Å². The molecule has 3 aromatic carbocycles. The van der Waals surface area contributed by atoms with Crippen LogP contribution in [0, 0.1) is 0 Å². The molecule has 3 rings (SSSR count). The van der Waals surface area contributed by atoms with E-state index in [1.165, 1.54) is 5.56 Å². The van der Waals surface area contributed by atoms with Crippen LogP contribution in [-0.2, 0) is 9.59 Å². The number of para-hydroxylation sites is 3. The molecule has 2 amide bonds. The fourth-order valence-electron chi connectivity index (χ4n) is 2.77. The molecule has 5 nitrogen and oxygen atoms in total. The average Bonchev–Trinajstić information content (AvgIpc) is 2.70. The minimum atomic E-state index is -0.412. The molecule has 2 N–H and O–H groups in total. The molecule has 0 fully saturated rings. The first-order chi connectivity index (χ1) is 14.0. The van der Waals surface area contributed by atoms with E-state index in [1.54, 1.807) is 18.2 Å². The van der Waals surface area contributed by atoms with Crippen molar-refractivity contribution in [1.82, 2.24) is 0 Å². The van der Waals surface area contributed by atoms with Crippen molar-refractivity contribution in [2.75, 3.05) is 10.6 Å². The topological polar surface area (TPSA) is 67.4 Å². The first-order valence-electron chi connectivity index (χ1n) is 9.53. The van der Waals surface area contributed by atoms with E-state index in [-0.39, 0.29) is 12.3 Å². The Bertz CT molecular complexity index is 967. The maximum atomic E-state index is 12.3. The van der Waals surface area contributed by atoms with Crippen molar-refractivity contribution >= 4 is 23.2 Å². The molecule has 0 aromatic heterocycles. The second kappa shape index (κ2) is 9.55. The maximum absolute atomic E-state index is 12.3. The van der Waals surface area contributed by atoms with Gasteiger partial charge >= 0.3 is 0 Å². The minimum Gasteiger partial charge on any atom is -0.455 e. The van der Waals surface area contributed by atoms with Gasteiger partial charge in [0.15, 0.2) is 5.75 Å². The molecule has 29 heavy (non-hydrogen) atoms. The van der Waals surface area contributed by atoms with Gasteiger partial charge in [-0.1, -0.05) is 56.3 Å². The van der Waals surface area contributed by atoms with Crippen LogP contribution in [0.25, 0.3) is 0 Å². The predicted molar refractivity (Wildman–Crippen MR) is 115 cm³/mol. The molecule has 0 bridgehead atoms. The van der Waals surface area contributed by atoms with Crippen molar-refractivity contribution in [2.45, 2.75) is 26.2 Å². The highest BCUT2D eigenvalue weighted by molar-refractivity contribution is 6.08. The second-order valence-corrected chi connectivity index (χ2v) is 6.96. The van der Waals surface area contributed by atoms with Crippen molar-refractivity contribution < 1.29 is 14.3 Å². The summed E-state index contributed by atoms with van der Waals surface area (Å²) in [4.78, 5) is 24.5. The number of hydrogen-bond acceptors (Lipinski definition) is 3. The second-order valence-electron chi connectivity index (χ2n) is 6.96. The third kappa shape index (κ3) is 5.94. The Morgan fingerprint density at radius 3 is 2.10 bits per heavy atom. The average molecular weight is 388 g/mol. The monoisotopic (exact) mass is 388 g/mol. The Labute approximate surface area is 170 Å². The molecule has 3 aromatic rings. The Morgan fingerprint density at radius 2 is 1.41 bits per heavy atom.